The van der Waals surface area contributed by atoms with E-state index in [9.17, 15) is 9.59 Å². The molecule has 1 aromatic rings. The molecule has 0 saturated carbocycles. The molecule has 0 bridgehead atoms. The summed E-state index contributed by atoms with van der Waals surface area (Å²) in [6.07, 6.45) is 1.69. The van der Waals surface area contributed by atoms with Gasteiger partial charge in [-0.25, -0.2) is 9.59 Å². The van der Waals surface area contributed by atoms with E-state index in [0.717, 1.165) is 12.8 Å². The number of nitrogens with one attached hydrogen (secondary N) is 2. The number of hydrogen-bond donors (Lipinski definition) is 3. The molecule has 0 spiro atoms. The second-order valence-electron chi connectivity index (χ2n) is 3.64. The van der Waals surface area contributed by atoms with Crippen molar-refractivity contribution in [2.75, 3.05) is 18.0 Å². The average Bonchev–Trinajstić information content (AvgIpc) is 2.17. The Kier molecular flexibility index (Phi) is 4.08. The lowest BCUT2D eigenvalue weighted by atomic mass is 10.1. The number of nitrogens with two attached hydrogens (primary N) is 1. The second-order valence-corrected chi connectivity index (χ2v) is 3.64. The summed E-state index contributed by atoms with van der Waals surface area (Å²) >= 11 is 0. The van der Waals surface area contributed by atoms with E-state index in [1.165, 1.54) is 0 Å². The molecule has 0 amide bonds. The lowest BCUT2D eigenvalue weighted by Crippen LogP contribution is -2.42. The van der Waals surface area contributed by atoms with Crippen molar-refractivity contribution in [2.45, 2.75) is 18.9 Å². The first-order valence-corrected chi connectivity index (χ1v) is 4.86. The summed E-state index contributed by atoms with van der Waals surface area (Å²) < 4.78 is 0. The Labute approximate surface area is 97.5 Å². The molecule has 0 unspecified atom stereocenters. The molecule has 0 aliphatic carbocycles. The molecule has 90 valence electrons. The summed E-state index contributed by atoms with van der Waals surface area (Å²) in [6.45, 7) is 1.43. The zero-order chi connectivity index (χ0) is 10.8. The fourth-order valence-corrected chi connectivity index (χ4v) is 1.64. The van der Waals surface area contributed by atoms with Crippen molar-refractivity contribution in [3.05, 3.63) is 21.0 Å². The van der Waals surface area contributed by atoms with Gasteiger partial charge in [-0.2, -0.15) is 4.98 Å². The quantitative estimate of drug-likeness (QED) is 0.578. The van der Waals surface area contributed by atoms with Crippen LogP contribution in [0.15, 0.2) is 9.59 Å². The summed E-state index contributed by atoms with van der Waals surface area (Å²) in [5.74, 6) is 0.329. The summed E-state index contributed by atoms with van der Waals surface area (Å²) in [5.41, 5.74) is 4.60. The minimum atomic E-state index is -0.622. The van der Waals surface area contributed by atoms with Crippen LogP contribution in [0.4, 0.5) is 5.95 Å². The van der Waals surface area contributed by atoms with Crippen molar-refractivity contribution in [3.8, 4) is 0 Å². The lowest BCUT2D eigenvalue weighted by molar-refractivity contribution is 0.494. The molecule has 2 rings (SSSR count). The maximum Gasteiger partial charge on any atom is 0.352 e. The molecule has 7 nitrogen and oxygen atoms in total. The summed E-state index contributed by atoms with van der Waals surface area (Å²) in [5, 5.41) is 0. The molecule has 8 heteroatoms. The van der Waals surface area contributed by atoms with Gasteiger partial charge in [0.2, 0.25) is 5.95 Å². The van der Waals surface area contributed by atoms with Crippen LogP contribution in [-0.2, 0) is 0 Å². The van der Waals surface area contributed by atoms with Gasteiger partial charge < -0.3 is 10.6 Å². The Morgan fingerprint density at radius 1 is 1.25 bits per heavy atom. The van der Waals surface area contributed by atoms with Crippen molar-refractivity contribution in [1.82, 2.24) is 15.0 Å². The standard InChI is InChI=1S/C8H13N5O2.ClH/c9-5-1-3-13(4-2-5)6-10-7(14)12-8(15)11-6;/h5H,1-4,9H2,(H2,10,11,12,14,15);1H. The number of anilines is 1. The van der Waals surface area contributed by atoms with E-state index in [2.05, 4.69) is 9.97 Å². The van der Waals surface area contributed by atoms with Crippen LogP contribution in [-0.4, -0.2) is 34.1 Å². The number of piperidine rings is 1. The van der Waals surface area contributed by atoms with Crippen LogP contribution in [0.25, 0.3) is 0 Å². The van der Waals surface area contributed by atoms with Crippen LogP contribution in [0, 0.1) is 0 Å². The monoisotopic (exact) mass is 247 g/mol. The highest BCUT2D eigenvalue weighted by Gasteiger charge is 2.18. The highest BCUT2D eigenvalue weighted by atomic mass is 35.5. The molecule has 2 heterocycles. The minimum absolute atomic E-state index is 0. The first-order chi connectivity index (χ1) is 7.15. The van der Waals surface area contributed by atoms with Crippen LogP contribution in [0.2, 0.25) is 0 Å². The Morgan fingerprint density at radius 2 is 1.88 bits per heavy atom. The van der Waals surface area contributed by atoms with E-state index in [0.29, 0.717) is 19.0 Å². The van der Waals surface area contributed by atoms with Gasteiger partial charge in [0.25, 0.3) is 0 Å². The molecule has 1 aromatic heterocycles. The van der Waals surface area contributed by atoms with Gasteiger partial charge in [0.1, 0.15) is 0 Å². The van der Waals surface area contributed by atoms with Gasteiger partial charge >= 0.3 is 11.4 Å². The maximum absolute atomic E-state index is 11.0. The highest BCUT2D eigenvalue weighted by Crippen LogP contribution is 2.12. The van der Waals surface area contributed by atoms with Gasteiger partial charge in [-0.1, -0.05) is 0 Å². The lowest BCUT2D eigenvalue weighted by Gasteiger charge is -2.29. The van der Waals surface area contributed by atoms with Gasteiger partial charge in [-0.3, -0.25) is 9.97 Å². The first kappa shape index (κ1) is 12.7. The average molecular weight is 248 g/mol. The fourth-order valence-electron chi connectivity index (χ4n) is 1.64. The largest absolute Gasteiger partial charge is 0.352 e. The summed E-state index contributed by atoms with van der Waals surface area (Å²) in [4.78, 5) is 32.1. The molecule has 0 radical (unpaired) electrons. The Balaban J connectivity index is 0.00000128. The molecule has 4 N–H and O–H groups in total. The van der Waals surface area contributed by atoms with E-state index >= 15 is 0 Å². The number of halogens is 1. The molecule has 1 aliphatic rings. The molecule has 1 fully saturated rings. The van der Waals surface area contributed by atoms with Crippen molar-refractivity contribution in [2.24, 2.45) is 5.73 Å². The molecule has 1 saturated heterocycles. The molecule has 0 atom stereocenters. The van der Waals surface area contributed by atoms with Crippen molar-refractivity contribution in [3.63, 3.8) is 0 Å². The number of H-pyrrole nitrogens is 2. The van der Waals surface area contributed by atoms with Crippen molar-refractivity contribution < 1.29 is 0 Å². The van der Waals surface area contributed by atoms with Gasteiger partial charge in [0.15, 0.2) is 0 Å². The smallest absolute Gasteiger partial charge is 0.342 e. The predicted molar refractivity (Wildman–Crippen MR) is 62.1 cm³/mol. The second kappa shape index (κ2) is 5.13. The summed E-state index contributed by atoms with van der Waals surface area (Å²) in [7, 11) is 0. The number of aromatic amines is 2. The van der Waals surface area contributed by atoms with Crippen LogP contribution in [0.3, 0.4) is 0 Å². The Morgan fingerprint density at radius 3 is 2.44 bits per heavy atom. The van der Waals surface area contributed by atoms with Crippen LogP contribution in [0.5, 0.6) is 0 Å². The van der Waals surface area contributed by atoms with E-state index in [1.54, 1.807) is 0 Å². The molecular formula is C8H14ClN5O2. The van der Waals surface area contributed by atoms with Crippen molar-refractivity contribution >= 4 is 18.4 Å². The fraction of sp³-hybridized carbons (Fsp3) is 0.625. The summed E-state index contributed by atoms with van der Waals surface area (Å²) in [6, 6.07) is 0.204. The Hall–Kier alpha value is -1.34. The number of nitrogens with zero attached hydrogens (tertiary/aromatic N) is 2. The SMILES string of the molecule is Cl.NC1CCN(c2nc(=O)[nH]c(=O)[nH]2)CC1. The number of hydrogen-bond acceptors (Lipinski definition) is 5. The van der Waals surface area contributed by atoms with Gasteiger partial charge in [-0.15, -0.1) is 12.4 Å². The highest BCUT2D eigenvalue weighted by molar-refractivity contribution is 5.85. The third kappa shape index (κ3) is 2.83. The molecular weight excluding hydrogens is 234 g/mol. The Bertz CT molecular complexity index is 420. The normalized spacial score (nSPS) is 16.9. The maximum atomic E-state index is 11.0. The first-order valence-electron chi connectivity index (χ1n) is 4.86. The third-order valence-electron chi connectivity index (χ3n) is 2.49. The predicted octanol–water partition coefficient (Wildman–Crippen LogP) is -1.19. The third-order valence-corrected chi connectivity index (χ3v) is 2.49. The van der Waals surface area contributed by atoms with Gasteiger partial charge in [-0.05, 0) is 12.8 Å². The van der Waals surface area contributed by atoms with Gasteiger partial charge in [0, 0.05) is 19.1 Å². The number of aromatic nitrogens is 3. The zero-order valence-electron chi connectivity index (χ0n) is 8.60. The van der Waals surface area contributed by atoms with Crippen LogP contribution < -0.4 is 22.0 Å². The minimum Gasteiger partial charge on any atom is -0.342 e. The van der Waals surface area contributed by atoms with E-state index < -0.39 is 11.4 Å². The van der Waals surface area contributed by atoms with Gasteiger partial charge in [0.05, 0.1) is 0 Å². The van der Waals surface area contributed by atoms with E-state index in [4.69, 9.17) is 5.73 Å². The van der Waals surface area contributed by atoms with Crippen molar-refractivity contribution in [1.29, 1.82) is 0 Å². The van der Waals surface area contributed by atoms with Crippen LogP contribution >= 0.6 is 12.4 Å². The van der Waals surface area contributed by atoms with Crippen LogP contribution in [0.1, 0.15) is 12.8 Å². The molecule has 16 heavy (non-hydrogen) atoms. The zero-order valence-corrected chi connectivity index (χ0v) is 9.42. The topological polar surface area (TPSA) is 108 Å². The molecule has 0 aromatic carbocycles. The van der Waals surface area contributed by atoms with E-state index in [1.807, 2.05) is 9.88 Å². The molecule has 1 aliphatic heterocycles. The number of rotatable bonds is 1. The van der Waals surface area contributed by atoms with E-state index in [-0.39, 0.29) is 18.4 Å².